The molecule has 0 aliphatic carbocycles. The van der Waals surface area contributed by atoms with Crippen LogP contribution in [-0.2, 0) is 25.6 Å². The molecule has 0 bridgehead atoms. The van der Waals surface area contributed by atoms with Crippen LogP contribution in [0.25, 0.3) is 6.08 Å². The lowest BCUT2D eigenvalue weighted by Gasteiger charge is -2.15. The molecular formula is C21H19ClN2O8. The van der Waals surface area contributed by atoms with Crippen LogP contribution in [0.5, 0.6) is 5.75 Å². The van der Waals surface area contributed by atoms with Gasteiger partial charge >= 0.3 is 18.0 Å². The summed E-state index contributed by atoms with van der Waals surface area (Å²) in [6, 6.07) is 6.78. The van der Waals surface area contributed by atoms with E-state index in [1.54, 1.807) is 6.07 Å². The average molecular weight is 463 g/mol. The molecule has 0 spiro atoms. The first kappa shape index (κ1) is 22.9. The van der Waals surface area contributed by atoms with Gasteiger partial charge in [-0.15, -0.1) is 0 Å². The third-order valence-corrected chi connectivity index (χ3v) is 4.67. The van der Waals surface area contributed by atoms with Crippen LogP contribution in [0.15, 0.2) is 40.4 Å². The van der Waals surface area contributed by atoms with Gasteiger partial charge in [-0.1, -0.05) is 11.6 Å². The van der Waals surface area contributed by atoms with Crippen molar-refractivity contribution in [3.63, 3.8) is 0 Å². The highest BCUT2D eigenvalue weighted by Crippen LogP contribution is 2.28. The highest BCUT2D eigenvalue weighted by molar-refractivity contribution is 6.30. The zero-order valence-electron chi connectivity index (χ0n) is 17.3. The number of hydrogen-bond donors (Lipinski definition) is 1. The summed E-state index contributed by atoms with van der Waals surface area (Å²) in [6.45, 7) is 1.31. The van der Waals surface area contributed by atoms with E-state index in [9.17, 15) is 19.2 Å². The minimum atomic E-state index is -0.911. The van der Waals surface area contributed by atoms with Gasteiger partial charge in [0.05, 0.1) is 20.8 Å². The van der Waals surface area contributed by atoms with E-state index >= 15 is 0 Å². The summed E-state index contributed by atoms with van der Waals surface area (Å²) in [4.78, 5) is 49.2. The monoisotopic (exact) mass is 462 g/mol. The maximum absolute atomic E-state index is 12.8. The Morgan fingerprint density at radius 3 is 2.62 bits per heavy atom. The van der Waals surface area contributed by atoms with E-state index in [0.717, 1.165) is 4.90 Å². The summed E-state index contributed by atoms with van der Waals surface area (Å²) in [5, 5.41) is 2.83. The van der Waals surface area contributed by atoms with E-state index in [4.69, 9.17) is 20.8 Å². The number of furan rings is 1. The molecule has 3 amide bonds. The largest absolute Gasteiger partial charge is 0.478 e. The molecule has 2 aromatic rings. The molecule has 32 heavy (non-hydrogen) atoms. The number of rotatable bonds is 7. The Labute approximate surface area is 187 Å². The summed E-state index contributed by atoms with van der Waals surface area (Å²) >= 11 is 6.06. The van der Waals surface area contributed by atoms with Crippen LogP contribution < -0.4 is 10.1 Å². The Morgan fingerprint density at radius 1 is 1.19 bits per heavy atom. The first-order chi connectivity index (χ1) is 15.2. The normalized spacial score (nSPS) is 15.5. The van der Waals surface area contributed by atoms with Gasteiger partial charge in [-0.2, -0.15) is 0 Å². The van der Waals surface area contributed by atoms with Crippen LogP contribution in [0, 0.1) is 0 Å². The van der Waals surface area contributed by atoms with Gasteiger partial charge in [0.15, 0.2) is 6.10 Å². The van der Waals surface area contributed by atoms with E-state index in [1.807, 2.05) is 0 Å². The molecule has 11 heteroatoms. The van der Waals surface area contributed by atoms with Gasteiger partial charge in [0, 0.05) is 10.6 Å². The zero-order chi connectivity index (χ0) is 23.4. The van der Waals surface area contributed by atoms with E-state index in [-0.39, 0.29) is 29.5 Å². The van der Waals surface area contributed by atoms with Crippen molar-refractivity contribution >= 4 is 41.6 Å². The minimum Gasteiger partial charge on any atom is -0.478 e. The number of benzene rings is 1. The van der Waals surface area contributed by atoms with Crippen LogP contribution >= 0.6 is 11.6 Å². The molecule has 1 aliphatic heterocycles. The van der Waals surface area contributed by atoms with Crippen molar-refractivity contribution < 1.29 is 37.8 Å². The molecule has 1 aromatic heterocycles. The third-order valence-electron chi connectivity index (χ3n) is 4.43. The standard InChI is InChI=1S/C21H19ClN2O8/c1-11(19(26)29-2)31-16-6-4-13(22)8-12(16)9-15-18(25)24(21(28)23-15)10-14-5-7-17(32-14)20(27)30-3/h4-9,11H,10H2,1-3H3,(H,23,28). The summed E-state index contributed by atoms with van der Waals surface area (Å²) in [7, 11) is 2.44. The molecular weight excluding hydrogens is 444 g/mol. The predicted octanol–water partition coefficient (Wildman–Crippen LogP) is 2.75. The number of hydrogen-bond acceptors (Lipinski definition) is 8. The highest BCUT2D eigenvalue weighted by Gasteiger charge is 2.34. The molecule has 1 aliphatic rings. The molecule has 10 nitrogen and oxygen atoms in total. The lowest BCUT2D eigenvalue weighted by atomic mass is 10.1. The predicted molar refractivity (Wildman–Crippen MR) is 111 cm³/mol. The number of halogens is 1. The van der Waals surface area contributed by atoms with Gasteiger partial charge in [-0.05, 0) is 43.3 Å². The van der Waals surface area contributed by atoms with Crippen molar-refractivity contribution in [3.05, 3.63) is 58.1 Å². The van der Waals surface area contributed by atoms with Gasteiger partial charge in [-0.3, -0.25) is 9.69 Å². The topological polar surface area (TPSA) is 124 Å². The summed E-state index contributed by atoms with van der Waals surface area (Å²) in [5.41, 5.74) is 0.331. The lowest BCUT2D eigenvalue weighted by molar-refractivity contribution is -0.147. The third kappa shape index (κ3) is 4.92. The maximum atomic E-state index is 12.8. The quantitative estimate of drug-likeness (QED) is 0.378. The fourth-order valence-electron chi connectivity index (χ4n) is 2.84. The number of amides is 3. The van der Waals surface area contributed by atoms with Crippen LogP contribution in [-0.4, -0.2) is 49.1 Å². The number of carbonyl (C=O) groups excluding carboxylic acids is 4. The van der Waals surface area contributed by atoms with E-state index in [2.05, 4.69) is 14.8 Å². The Hall–Kier alpha value is -3.79. The van der Waals surface area contributed by atoms with E-state index < -0.39 is 30.0 Å². The van der Waals surface area contributed by atoms with Gasteiger partial charge < -0.3 is 23.9 Å². The van der Waals surface area contributed by atoms with Crippen LogP contribution in [0.2, 0.25) is 5.02 Å². The van der Waals surface area contributed by atoms with Crippen molar-refractivity contribution in [3.8, 4) is 5.75 Å². The van der Waals surface area contributed by atoms with Crippen molar-refractivity contribution in [2.45, 2.75) is 19.6 Å². The summed E-state index contributed by atoms with van der Waals surface area (Å²) < 4.78 is 20.1. The van der Waals surface area contributed by atoms with E-state index in [1.165, 1.54) is 51.5 Å². The Bertz CT molecular complexity index is 1110. The molecule has 1 atom stereocenters. The van der Waals surface area contributed by atoms with Crippen LogP contribution in [0.3, 0.4) is 0 Å². The second-order valence-corrected chi connectivity index (χ2v) is 7.04. The Balaban J connectivity index is 1.82. The fourth-order valence-corrected chi connectivity index (χ4v) is 3.02. The number of urea groups is 1. The molecule has 2 heterocycles. The molecule has 3 rings (SSSR count). The van der Waals surface area contributed by atoms with E-state index in [0.29, 0.717) is 10.6 Å². The van der Waals surface area contributed by atoms with Crippen molar-refractivity contribution in [1.29, 1.82) is 0 Å². The summed E-state index contributed by atoms with van der Waals surface area (Å²) in [5.74, 6) is -1.46. The lowest BCUT2D eigenvalue weighted by Crippen LogP contribution is -2.30. The number of methoxy groups -OCH3 is 2. The Kier molecular flexibility index (Phi) is 6.84. The molecule has 168 valence electrons. The number of esters is 2. The molecule has 1 fully saturated rings. The Morgan fingerprint density at radius 2 is 1.94 bits per heavy atom. The highest BCUT2D eigenvalue weighted by atomic mass is 35.5. The molecule has 1 saturated heterocycles. The number of imide groups is 1. The first-order valence-electron chi connectivity index (χ1n) is 9.29. The van der Waals surface area contributed by atoms with Crippen molar-refractivity contribution in [2.24, 2.45) is 0 Å². The SMILES string of the molecule is COC(=O)c1ccc(CN2C(=O)NC(=Cc3cc(Cl)ccc3OC(C)C(=O)OC)C2=O)o1. The molecule has 0 saturated carbocycles. The summed E-state index contributed by atoms with van der Waals surface area (Å²) in [6.07, 6.45) is 0.472. The minimum absolute atomic E-state index is 0.0346. The number of carbonyl (C=O) groups is 4. The van der Waals surface area contributed by atoms with Gasteiger partial charge in [-0.25, -0.2) is 14.4 Å². The van der Waals surface area contributed by atoms with Gasteiger partial charge in [0.1, 0.15) is 17.2 Å². The smallest absolute Gasteiger partial charge is 0.373 e. The second-order valence-electron chi connectivity index (χ2n) is 6.60. The number of ether oxygens (including phenoxy) is 3. The second kappa shape index (κ2) is 9.56. The molecule has 1 aromatic carbocycles. The maximum Gasteiger partial charge on any atom is 0.373 e. The first-order valence-corrected chi connectivity index (χ1v) is 9.67. The van der Waals surface area contributed by atoms with Gasteiger partial charge in [0.2, 0.25) is 5.76 Å². The van der Waals surface area contributed by atoms with Crippen molar-refractivity contribution in [1.82, 2.24) is 10.2 Å². The zero-order valence-corrected chi connectivity index (χ0v) is 18.1. The molecule has 1 N–H and O–H groups in total. The van der Waals surface area contributed by atoms with Crippen LogP contribution in [0.4, 0.5) is 4.79 Å². The number of nitrogens with zero attached hydrogens (tertiary/aromatic N) is 1. The van der Waals surface area contributed by atoms with Crippen LogP contribution in [0.1, 0.15) is 28.8 Å². The van der Waals surface area contributed by atoms with Crippen molar-refractivity contribution in [2.75, 3.05) is 14.2 Å². The average Bonchev–Trinajstić information content (AvgIpc) is 3.34. The fraction of sp³-hybridized carbons (Fsp3) is 0.238. The molecule has 1 unspecified atom stereocenters. The number of nitrogens with one attached hydrogen (secondary N) is 1. The van der Waals surface area contributed by atoms with Gasteiger partial charge in [0.25, 0.3) is 5.91 Å². The molecule has 0 radical (unpaired) electrons.